The molecule has 1 unspecified atom stereocenters. The van der Waals surface area contributed by atoms with E-state index in [1.54, 1.807) is 11.0 Å². The van der Waals surface area contributed by atoms with Gasteiger partial charge < -0.3 is 15.5 Å². The highest BCUT2D eigenvalue weighted by molar-refractivity contribution is 6.05. The molecule has 1 atom stereocenters. The molecule has 0 spiro atoms. The molecule has 0 radical (unpaired) electrons. The molecule has 0 aliphatic carbocycles. The number of imide groups is 1. The molecule has 0 bridgehead atoms. The van der Waals surface area contributed by atoms with E-state index in [4.69, 9.17) is 0 Å². The Hall–Kier alpha value is -3.20. The van der Waals surface area contributed by atoms with Gasteiger partial charge in [0.05, 0.1) is 5.69 Å². The minimum Gasteiger partial charge on any atom is -0.364 e. The van der Waals surface area contributed by atoms with Crippen molar-refractivity contribution in [2.75, 3.05) is 11.9 Å². The van der Waals surface area contributed by atoms with Crippen molar-refractivity contribution in [2.24, 2.45) is 0 Å². The molecule has 29 heavy (non-hydrogen) atoms. The van der Waals surface area contributed by atoms with Gasteiger partial charge in [0.25, 0.3) is 5.91 Å². The van der Waals surface area contributed by atoms with Crippen molar-refractivity contribution in [1.82, 2.24) is 25.7 Å². The van der Waals surface area contributed by atoms with Crippen molar-refractivity contribution < 1.29 is 14.4 Å². The number of aromatic amines is 1. The molecule has 3 amide bonds. The van der Waals surface area contributed by atoms with Crippen LogP contribution in [-0.2, 0) is 35.6 Å². The van der Waals surface area contributed by atoms with Crippen molar-refractivity contribution in [3.05, 3.63) is 46.1 Å². The van der Waals surface area contributed by atoms with Gasteiger partial charge in [0, 0.05) is 37.2 Å². The van der Waals surface area contributed by atoms with Gasteiger partial charge >= 0.3 is 0 Å². The minimum absolute atomic E-state index is 0.153. The van der Waals surface area contributed by atoms with Gasteiger partial charge in [0.15, 0.2) is 5.82 Å². The van der Waals surface area contributed by atoms with E-state index < -0.39 is 6.04 Å². The lowest BCUT2D eigenvalue weighted by molar-refractivity contribution is -0.136. The van der Waals surface area contributed by atoms with Crippen molar-refractivity contribution in [1.29, 1.82) is 0 Å². The number of hydrogen-bond acceptors (Lipinski definition) is 6. The average molecular weight is 394 g/mol. The topological polar surface area (TPSA) is 119 Å². The van der Waals surface area contributed by atoms with Crippen LogP contribution < -0.4 is 16.0 Å². The highest BCUT2D eigenvalue weighted by Crippen LogP contribution is 2.30. The molecule has 5 rings (SSSR count). The Morgan fingerprint density at radius 2 is 2.07 bits per heavy atom. The number of carbonyl (C=O) groups excluding carboxylic acids is 3. The second-order valence-electron chi connectivity index (χ2n) is 7.65. The summed E-state index contributed by atoms with van der Waals surface area (Å²) in [5, 5.41) is 16.5. The van der Waals surface area contributed by atoms with E-state index in [1.807, 2.05) is 12.1 Å². The first-order chi connectivity index (χ1) is 14.1. The number of nitrogens with one attached hydrogen (secondary N) is 4. The monoisotopic (exact) mass is 394 g/mol. The van der Waals surface area contributed by atoms with Gasteiger partial charge in [-0.05, 0) is 36.6 Å². The molecule has 1 fully saturated rings. The molecule has 2 aromatic rings. The van der Waals surface area contributed by atoms with E-state index >= 15 is 0 Å². The summed E-state index contributed by atoms with van der Waals surface area (Å²) in [5.74, 6) is 0.0294. The Kier molecular flexibility index (Phi) is 4.31. The van der Waals surface area contributed by atoms with Gasteiger partial charge in [-0.25, -0.2) is 0 Å². The van der Waals surface area contributed by atoms with Crippen LogP contribution >= 0.6 is 0 Å². The van der Waals surface area contributed by atoms with Gasteiger partial charge in [-0.3, -0.25) is 24.8 Å². The first-order valence-corrected chi connectivity index (χ1v) is 9.88. The standard InChI is InChI=1S/C20H22N6O3/c27-17-5-4-16(19(28)23-17)26-10-14-11(2-1-3-12(14)20(26)29)8-22-18-13-6-7-21-9-15(13)24-25-18/h1-3,16,21H,4-10H2,(H2,22,24,25)(H,23,27,28). The number of hydrogen-bond donors (Lipinski definition) is 4. The maximum absolute atomic E-state index is 12.9. The van der Waals surface area contributed by atoms with Crippen LogP contribution in [0.1, 0.15) is 45.6 Å². The fourth-order valence-electron chi connectivity index (χ4n) is 4.38. The third-order valence-corrected chi connectivity index (χ3v) is 5.93. The van der Waals surface area contributed by atoms with Crippen LogP contribution in [0, 0.1) is 0 Å². The zero-order valence-corrected chi connectivity index (χ0v) is 15.9. The number of aromatic nitrogens is 2. The molecule has 4 N–H and O–H groups in total. The third-order valence-electron chi connectivity index (χ3n) is 5.93. The van der Waals surface area contributed by atoms with Gasteiger partial charge in [-0.1, -0.05) is 12.1 Å². The smallest absolute Gasteiger partial charge is 0.255 e. The largest absolute Gasteiger partial charge is 0.364 e. The summed E-state index contributed by atoms with van der Waals surface area (Å²) in [7, 11) is 0. The number of H-pyrrole nitrogens is 1. The first kappa shape index (κ1) is 17.9. The molecular formula is C20H22N6O3. The molecule has 4 heterocycles. The molecule has 9 nitrogen and oxygen atoms in total. The van der Waals surface area contributed by atoms with E-state index in [0.717, 1.165) is 42.1 Å². The molecule has 3 aliphatic heterocycles. The quantitative estimate of drug-likeness (QED) is 0.559. The normalized spacial score (nSPS) is 21.0. The molecule has 0 saturated carbocycles. The molecule has 1 saturated heterocycles. The van der Waals surface area contributed by atoms with Crippen LogP contribution in [0.5, 0.6) is 0 Å². The highest BCUT2D eigenvalue weighted by Gasteiger charge is 2.39. The van der Waals surface area contributed by atoms with Crippen LogP contribution in [0.4, 0.5) is 5.82 Å². The van der Waals surface area contributed by atoms with Crippen molar-refractivity contribution in [2.45, 2.75) is 44.9 Å². The van der Waals surface area contributed by atoms with Crippen molar-refractivity contribution >= 4 is 23.5 Å². The Balaban J connectivity index is 1.35. The summed E-state index contributed by atoms with van der Waals surface area (Å²) < 4.78 is 0. The number of nitrogens with zero attached hydrogens (tertiary/aromatic N) is 2. The van der Waals surface area contributed by atoms with Gasteiger partial charge in [-0.15, -0.1) is 0 Å². The van der Waals surface area contributed by atoms with Gasteiger partial charge in [0.1, 0.15) is 6.04 Å². The zero-order chi connectivity index (χ0) is 20.0. The summed E-state index contributed by atoms with van der Waals surface area (Å²) in [4.78, 5) is 38.2. The zero-order valence-electron chi connectivity index (χ0n) is 15.9. The second-order valence-corrected chi connectivity index (χ2v) is 7.65. The second kappa shape index (κ2) is 7.00. The van der Waals surface area contributed by atoms with Crippen LogP contribution in [0.25, 0.3) is 0 Å². The predicted molar refractivity (Wildman–Crippen MR) is 104 cm³/mol. The lowest BCUT2D eigenvalue weighted by Gasteiger charge is -2.29. The summed E-state index contributed by atoms with van der Waals surface area (Å²) >= 11 is 0. The number of benzene rings is 1. The number of piperidine rings is 1. The number of carbonyl (C=O) groups is 3. The number of fused-ring (bicyclic) bond motifs is 2. The summed E-state index contributed by atoms with van der Waals surface area (Å²) in [6.07, 6.45) is 1.54. The first-order valence-electron chi connectivity index (χ1n) is 9.88. The number of rotatable bonds is 4. The molecular weight excluding hydrogens is 372 g/mol. The lowest BCUT2D eigenvalue weighted by Crippen LogP contribution is -2.52. The Morgan fingerprint density at radius 1 is 1.17 bits per heavy atom. The Bertz CT molecular complexity index is 1010. The highest BCUT2D eigenvalue weighted by atomic mass is 16.2. The molecule has 3 aliphatic rings. The van der Waals surface area contributed by atoms with Gasteiger partial charge in [0.2, 0.25) is 11.8 Å². The number of amides is 3. The maximum Gasteiger partial charge on any atom is 0.255 e. The van der Waals surface area contributed by atoms with Crippen LogP contribution in [0.3, 0.4) is 0 Å². The molecule has 9 heteroatoms. The molecule has 1 aromatic heterocycles. The van der Waals surface area contributed by atoms with Gasteiger partial charge in [-0.2, -0.15) is 5.10 Å². The van der Waals surface area contributed by atoms with E-state index in [9.17, 15) is 14.4 Å². The predicted octanol–water partition coefficient (Wildman–Crippen LogP) is 0.429. The van der Waals surface area contributed by atoms with E-state index in [0.29, 0.717) is 25.1 Å². The number of anilines is 1. The van der Waals surface area contributed by atoms with Crippen molar-refractivity contribution in [3.8, 4) is 0 Å². The Labute approximate surface area is 167 Å². The van der Waals surface area contributed by atoms with Crippen LogP contribution in [0.15, 0.2) is 18.2 Å². The Morgan fingerprint density at radius 3 is 2.93 bits per heavy atom. The van der Waals surface area contributed by atoms with E-state index in [1.165, 1.54) is 5.56 Å². The fourth-order valence-corrected chi connectivity index (χ4v) is 4.38. The third kappa shape index (κ3) is 3.07. The lowest BCUT2D eigenvalue weighted by atomic mass is 10.0. The molecule has 1 aromatic carbocycles. The molecule has 150 valence electrons. The van der Waals surface area contributed by atoms with Crippen molar-refractivity contribution in [3.63, 3.8) is 0 Å². The van der Waals surface area contributed by atoms with E-state index in [-0.39, 0.29) is 24.1 Å². The SMILES string of the molecule is O=C1CCC(N2Cc3c(CNc4n[nH]c5c4CCNC5)cccc3C2=O)C(=O)N1. The van der Waals surface area contributed by atoms with E-state index in [2.05, 4.69) is 26.1 Å². The maximum atomic E-state index is 12.9. The minimum atomic E-state index is -0.598. The average Bonchev–Trinajstić information content (AvgIpc) is 3.28. The van der Waals surface area contributed by atoms with Crippen LogP contribution in [0.2, 0.25) is 0 Å². The summed E-state index contributed by atoms with van der Waals surface area (Å²) in [5.41, 5.74) is 4.88. The summed E-state index contributed by atoms with van der Waals surface area (Å²) in [6.45, 7) is 2.64. The summed E-state index contributed by atoms with van der Waals surface area (Å²) in [6, 6.07) is 5.06. The van der Waals surface area contributed by atoms with Crippen LogP contribution in [-0.4, -0.2) is 45.4 Å². The fraction of sp³-hybridized carbons (Fsp3) is 0.400.